The zero-order chi connectivity index (χ0) is 19.4. The number of amides is 1. The lowest BCUT2D eigenvalue weighted by Crippen LogP contribution is -2.15. The predicted molar refractivity (Wildman–Crippen MR) is 109 cm³/mol. The number of benzene rings is 2. The molecule has 134 valence electrons. The number of carbonyl (C=O) groups excluding carboxylic acids is 1. The van der Waals surface area contributed by atoms with Gasteiger partial charge < -0.3 is 9.88 Å². The quantitative estimate of drug-likeness (QED) is 0.532. The molecule has 1 N–H and O–H groups in total. The predicted octanol–water partition coefficient (Wildman–Crippen LogP) is 4.95. The molecular weight excluding hydrogens is 334 g/mol. The average Bonchev–Trinajstić information content (AvgIpc) is 3.04. The van der Waals surface area contributed by atoms with Gasteiger partial charge in [0.1, 0.15) is 11.6 Å². The molecule has 27 heavy (non-hydrogen) atoms. The molecule has 0 aliphatic rings. The minimum absolute atomic E-state index is 0.0613. The molecule has 3 rings (SSSR count). The first-order valence-electron chi connectivity index (χ1n) is 8.74. The second-order valence-electron chi connectivity index (χ2n) is 6.44. The van der Waals surface area contributed by atoms with Crippen molar-refractivity contribution >= 4 is 17.7 Å². The van der Waals surface area contributed by atoms with E-state index in [1.807, 2.05) is 92.1 Å². The van der Waals surface area contributed by atoms with Crippen LogP contribution in [0.2, 0.25) is 0 Å². The fourth-order valence-electron chi connectivity index (χ4n) is 2.97. The lowest BCUT2D eigenvalue weighted by atomic mass is 10.1. The molecule has 0 aliphatic heterocycles. The molecule has 0 unspecified atom stereocenters. The molecule has 0 fully saturated rings. The fraction of sp³-hybridized carbons (Fsp3) is 0.130. The van der Waals surface area contributed by atoms with Crippen LogP contribution in [-0.2, 0) is 4.79 Å². The van der Waals surface area contributed by atoms with E-state index in [9.17, 15) is 10.1 Å². The third kappa shape index (κ3) is 3.83. The van der Waals surface area contributed by atoms with Crippen molar-refractivity contribution in [1.29, 1.82) is 5.26 Å². The minimum atomic E-state index is -0.412. The first kappa shape index (κ1) is 18.2. The Kier molecular flexibility index (Phi) is 5.23. The van der Waals surface area contributed by atoms with Gasteiger partial charge in [-0.15, -0.1) is 0 Å². The summed E-state index contributed by atoms with van der Waals surface area (Å²) in [5, 5.41) is 12.4. The summed E-state index contributed by atoms with van der Waals surface area (Å²) in [5.41, 5.74) is 5.65. The molecule has 4 heteroatoms. The van der Waals surface area contributed by atoms with Crippen molar-refractivity contribution in [3.63, 3.8) is 0 Å². The van der Waals surface area contributed by atoms with E-state index < -0.39 is 5.91 Å². The van der Waals surface area contributed by atoms with Gasteiger partial charge in [-0.05, 0) is 68.3 Å². The van der Waals surface area contributed by atoms with E-state index in [1.165, 1.54) is 0 Å². The molecule has 0 bridgehead atoms. The van der Waals surface area contributed by atoms with Crippen LogP contribution in [0.4, 0.5) is 5.69 Å². The Morgan fingerprint density at radius 1 is 1.00 bits per heavy atom. The summed E-state index contributed by atoms with van der Waals surface area (Å²) >= 11 is 0. The summed E-state index contributed by atoms with van der Waals surface area (Å²) in [6.07, 6.45) is 1.63. The first-order valence-corrected chi connectivity index (χ1v) is 8.74. The maximum atomic E-state index is 12.7. The molecule has 0 spiro atoms. The van der Waals surface area contributed by atoms with Crippen LogP contribution in [0.1, 0.15) is 22.5 Å². The van der Waals surface area contributed by atoms with Crippen molar-refractivity contribution in [2.75, 3.05) is 5.32 Å². The number of carbonyl (C=O) groups is 1. The third-order valence-corrected chi connectivity index (χ3v) is 4.63. The summed E-state index contributed by atoms with van der Waals surface area (Å²) in [7, 11) is 0. The lowest BCUT2D eigenvalue weighted by molar-refractivity contribution is -0.112. The number of nitriles is 1. The van der Waals surface area contributed by atoms with E-state index >= 15 is 0 Å². The van der Waals surface area contributed by atoms with E-state index in [0.717, 1.165) is 33.9 Å². The Morgan fingerprint density at radius 3 is 2.44 bits per heavy atom. The van der Waals surface area contributed by atoms with E-state index in [0.29, 0.717) is 0 Å². The third-order valence-electron chi connectivity index (χ3n) is 4.63. The number of hydrogen-bond donors (Lipinski definition) is 1. The second kappa shape index (κ2) is 7.76. The first-order chi connectivity index (χ1) is 13.0. The summed E-state index contributed by atoms with van der Waals surface area (Å²) in [5.74, 6) is -0.412. The van der Waals surface area contributed by atoms with Crippen LogP contribution in [0.15, 0.2) is 66.2 Å². The normalized spacial score (nSPS) is 11.1. The number of para-hydroxylation sites is 1. The molecule has 2 aromatic carbocycles. The van der Waals surface area contributed by atoms with Crippen molar-refractivity contribution in [1.82, 2.24) is 4.57 Å². The van der Waals surface area contributed by atoms with Crippen LogP contribution in [0.3, 0.4) is 0 Å². The maximum absolute atomic E-state index is 12.7. The summed E-state index contributed by atoms with van der Waals surface area (Å²) in [6.45, 7) is 5.93. The van der Waals surface area contributed by atoms with Gasteiger partial charge in [0.05, 0.1) is 0 Å². The summed E-state index contributed by atoms with van der Waals surface area (Å²) in [4.78, 5) is 12.7. The van der Waals surface area contributed by atoms with E-state index in [1.54, 1.807) is 6.08 Å². The molecular formula is C23H21N3O. The van der Waals surface area contributed by atoms with Gasteiger partial charge in [-0.25, -0.2) is 0 Å². The van der Waals surface area contributed by atoms with Crippen LogP contribution in [0, 0.1) is 32.1 Å². The van der Waals surface area contributed by atoms with Crippen LogP contribution in [0.25, 0.3) is 11.8 Å². The number of rotatable bonds is 4. The highest BCUT2D eigenvalue weighted by Gasteiger charge is 2.13. The maximum Gasteiger partial charge on any atom is 0.266 e. The molecule has 0 saturated carbocycles. The number of hydrogen-bond acceptors (Lipinski definition) is 2. The largest absolute Gasteiger partial charge is 0.321 e. The van der Waals surface area contributed by atoms with Gasteiger partial charge in [-0.2, -0.15) is 5.26 Å². The molecule has 0 atom stereocenters. The highest BCUT2D eigenvalue weighted by molar-refractivity contribution is 6.10. The molecule has 1 amide bonds. The fourth-order valence-corrected chi connectivity index (χ4v) is 2.97. The van der Waals surface area contributed by atoms with Crippen molar-refractivity contribution in [2.24, 2.45) is 0 Å². The number of anilines is 1. The zero-order valence-corrected chi connectivity index (χ0v) is 15.7. The van der Waals surface area contributed by atoms with Crippen molar-refractivity contribution in [3.8, 4) is 11.8 Å². The molecule has 0 radical (unpaired) electrons. The average molecular weight is 355 g/mol. The molecule has 1 aromatic heterocycles. The molecule has 0 aliphatic carbocycles. The second-order valence-corrected chi connectivity index (χ2v) is 6.44. The van der Waals surface area contributed by atoms with Crippen LogP contribution in [-0.4, -0.2) is 10.5 Å². The summed E-state index contributed by atoms with van der Waals surface area (Å²) < 4.78 is 2.02. The van der Waals surface area contributed by atoms with Gasteiger partial charge in [-0.3, -0.25) is 4.79 Å². The number of aromatic nitrogens is 1. The van der Waals surface area contributed by atoms with E-state index in [2.05, 4.69) is 5.32 Å². The van der Waals surface area contributed by atoms with E-state index in [4.69, 9.17) is 0 Å². The van der Waals surface area contributed by atoms with Gasteiger partial charge >= 0.3 is 0 Å². The number of nitrogens with zero attached hydrogens (tertiary/aromatic N) is 2. The topological polar surface area (TPSA) is 57.8 Å². The highest BCUT2D eigenvalue weighted by atomic mass is 16.1. The SMILES string of the molecule is Cc1cccc(NC(=O)/C(C#N)=C\c2ccc(C)n2-c2ccccc2)c1C. The highest BCUT2D eigenvalue weighted by Crippen LogP contribution is 2.21. The Morgan fingerprint density at radius 2 is 1.74 bits per heavy atom. The minimum Gasteiger partial charge on any atom is -0.321 e. The molecule has 4 nitrogen and oxygen atoms in total. The molecule has 1 heterocycles. The Labute approximate surface area is 159 Å². The van der Waals surface area contributed by atoms with Crippen LogP contribution < -0.4 is 5.32 Å². The lowest BCUT2D eigenvalue weighted by Gasteiger charge is -2.11. The Balaban J connectivity index is 1.95. The van der Waals surface area contributed by atoms with Crippen LogP contribution in [0.5, 0.6) is 0 Å². The van der Waals surface area contributed by atoms with Gasteiger partial charge in [0.25, 0.3) is 5.91 Å². The van der Waals surface area contributed by atoms with Crippen molar-refractivity contribution in [3.05, 3.63) is 88.8 Å². The smallest absolute Gasteiger partial charge is 0.266 e. The molecule has 3 aromatic rings. The number of nitrogens with one attached hydrogen (secondary N) is 1. The van der Waals surface area contributed by atoms with Crippen LogP contribution >= 0.6 is 0 Å². The van der Waals surface area contributed by atoms with Gasteiger partial charge in [0, 0.05) is 22.8 Å². The standard InChI is InChI=1S/C23H21N3O/c1-16-8-7-11-22(18(16)3)25-23(27)19(15-24)14-21-13-12-17(2)26(21)20-9-5-4-6-10-20/h4-14H,1-3H3,(H,25,27)/b19-14-. The monoisotopic (exact) mass is 355 g/mol. The zero-order valence-electron chi connectivity index (χ0n) is 15.7. The number of aryl methyl sites for hydroxylation is 2. The molecule has 0 saturated heterocycles. The Hall–Kier alpha value is -3.58. The van der Waals surface area contributed by atoms with Gasteiger partial charge in [0.15, 0.2) is 0 Å². The van der Waals surface area contributed by atoms with Crippen molar-refractivity contribution in [2.45, 2.75) is 20.8 Å². The van der Waals surface area contributed by atoms with E-state index in [-0.39, 0.29) is 5.57 Å². The Bertz CT molecular complexity index is 1050. The van der Waals surface area contributed by atoms with Gasteiger partial charge in [-0.1, -0.05) is 30.3 Å². The van der Waals surface area contributed by atoms with Crippen molar-refractivity contribution < 1.29 is 4.79 Å². The summed E-state index contributed by atoms with van der Waals surface area (Å²) in [6, 6.07) is 21.5. The van der Waals surface area contributed by atoms with Gasteiger partial charge in [0.2, 0.25) is 0 Å².